The Kier molecular flexibility index (Phi) is 4.66. The van der Waals surface area contributed by atoms with E-state index in [0.29, 0.717) is 10.2 Å². The molecule has 0 fully saturated rings. The quantitative estimate of drug-likeness (QED) is 0.824. The van der Waals surface area contributed by atoms with Crippen molar-refractivity contribution in [2.24, 2.45) is 0 Å². The van der Waals surface area contributed by atoms with Crippen molar-refractivity contribution >= 4 is 37.8 Å². The van der Waals surface area contributed by atoms with Gasteiger partial charge in [-0.2, -0.15) is 0 Å². The average Bonchev–Trinajstić information content (AvgIpc) is 2.42. The normalized spacial score (nSPS) is 11.9. The highest BCUT2D eigenvalue weighted by Gasteiger charge is 2.13. The number of aromatic nitrogens is 2. The van der Waals surface area contributed by atoms with Crippen molar-refractivity contribution in [3.8, 4) is 0 Å². The highest BCUT2D eigenvalue weighted by atomic mass is 79.9. The first-order valence-electron chi connectivity index (χ1n) is 5.61. The number of halogens is 2. The van der Waals surface area contributed by atoms with E-state index >= 15 is 0 Å². The standard InChI is InChI=1S/C13H11Br2N3O/c1-8(11-4-2-3-5-16-11)18-13(19)9-6-10(14)12(15)17-7-9/h2-8H,1H3,(H,18,19)/t8-/m0/s1. The third-order valence-electron chi connectivity index (χ3n) is 2.54. The van der Waals surface area contributed by atoms with E-state index < -0.39 is 0 Å². The van der Waals surface area contributed by atoms with E-state index in [9.17, 15) is 4.79 Å². The van der Waals surface area contributed by atoms with E-state index in [2.05, 4.69) is 47.1 Å². The minimum absolute atomic E-state index is 0.156. The van der Waals surface area contributed by atoms with Gasteiger partial charge in [0.05, 0.1) is 21.8 Å². The van der Waals surface area contributed by atoms with Gasteiger partial charge in [0.15, 0.2) is 0 Å². The average molecular weight is 385 g/mol. The topological polar surface area (TPSA) is 54.9 Å². The lowest BCUT2D eigenvalue weighted by Crippen LogP contribution is -2.27. The molecule has 0 saturated carbocycles. The molecule has 1 N–H and O–H groups in total. The summed E-state index contributed by atoms with van der Waals surface area (Å²) in [5.74, 6) is -0.182. The van der Waals surface area contributed by atoms with Crippen LogP contribution in [0.15, 0.2) is 45.7 Å². The molecule has 19 heavy (non-hydrogen) atoms. The first-order chi connectivity index (χ1) is 9.08. The van der Waals surface area contributed by atoms with Gasteiger partial charge in [0.2, 0.25) is 0 Å². The van der Waals surface area contributed by atoms with E-state index in [4.69, 9.17) is 0 Å². The molecule has 0 aromatic carbocycles. The molecule has 0 unspecified atom stereocenters. The molecular formula is C13H11Br2N3O. The number of carbonyl (C=O) groups is 1. The van der Waals surface area contributed by atoms with Gasteiger partial charge in [-0.1, -0.05) is 6.07 Å². The minimum atomic E-state index is -0.182. The Morgan fingerprint density at radius 1 is 1.32 bits per heavy atom. The van der Waals surface area contributed by atoms with Crippen LogP contribution in [0.2, 0.25) is 0 Å². The molecule has 2 rings (SSSR count). The summed E-state index contributed by atoms with van der Waals surface area (Å²) in [5, 5.41) is 2.88. The van der Waals surface area contributed by atoms with Crippen molar-refractivity contribution in [1.82, 2.24) is 15.3 Å². The molecule has 6 heteroatoms. The molecule has 0 aliphatic heterocycles. The van der Waals surface area contributed by atoms with Crippen LogP contribution in [0.4, 0.5) is 0 Å². The zero-order valence-corrected chi connectivity index (χ0v) is 13.3. The summed E-state index contributed by atoms with van der Waals surface area (Å²) in [6, 6.07) is 7.17. The highest BCUT2D eigenvalue weighted by molar-refractivity contribution is 9.13. The van der Waals surface area contributed by atoms with Gasteiger partial charge in [-0.15, -0.1) is 0 Å². The Hall–Kier alpha value is -1.27. The Morgan fingerprint density at radius 3 is 2.74 bits per heavy atom. The maximum atomic E-state index is 12.1. The summed E-state index contributed by atoms with van der Waals surface area (Å²) >= 11 is 6.59. The lowest BCUT2D eigenvalue weighted by Gasteiger charge is -2.13. The molecule has 0 aliphatic rings. The molecule has 1 atom stereocenters. The Morgan fingerprint density at radius 2 is 2.11 bits per heavy atom. The van der Waals surface area contributed by atoms with Crippen LogP contribution in [0.3, 0.4) is 0 Å². The molecule has 0 aliphatic carbocycles. The van der Waals surface area contributed by atoms with E-state index in [0.717, 1.165) is 10.2 Å². The summed E-state index contributed by atoms with van der Waals surface area (Å²) in [6.07, 6.45) is 3.23. The molecule has 98 valence electrons. The number of nitrogens with one attached hydrogen (secondary N) is 1. The molecule has 0 spiro atoms. The molecule has 2 aromatic rings. The van der Waals surface area contributed by atoms with Crippen LogP contribution in [0.5, 0.6) is 0 Å². The van der Waals surface area contributed by atoms with E-state index in [1.807, 2.05) is 25.1 Å². The largest absolute Gasteiger partial charge is 0.344 e. The number of pyridine rings is 2. The first kappa shape index (κ1) is 14.1. The van der Waals surface area contributed by atoms with Gasteiger partial charge in [-0.3, -0.25) is 9.78 Å². The smallest absolute Gasteiger partial charge is 0.253 e. The summed E-state index contributed by atoms with van der Waals surface area (Å²) in [4.78, 5) is 20.4. The highest BCUT2D eigenvalue weighted by Crippen LogP contribution is 2.21. The molecule has 2 aromatic heterocycles. The Bertz CT molecular complexity index is 590. The van der Waals surface area contributed by atoms with Crippen LogP contribution >= 0.6 is 31.9 Å². The van der Waals surface area contributed by atoms with Crippen LogP contribution in [0.25, 0.3) is 0 Å². The van der Waals surface area contributed by atoms with E-state index in [-0.39, 0.29) is 11.9 Å². The molecule has 4 nitrogen and oxygen atoms in total. The number of hydrogen-bond acceptors (Lipinski definition) is 3. The van der Waals surface area contributed by atoms with Crippen LogP contribution in [-0.2, 0) is 0 Å². The fraction of sp³-hybridized carbons (Fsp3) is 0.154. The number of hydrogen-bond donors (Lipinski definition) is 1. The second kappa shape index (κ2) is 6.25. The summed E-state index contributed by atoms with van der Waals surface area (Å²) < 4.78 is 1.41. The predicted octanol–water partition coefficient (Wildman–Crippen LogP) is 3.49. The van der Waals surface area contributed by atoms with Crippen molar-refractivity contribution < 1.29 is 4.79 Å². The fourth-order valence-electron chi connectivity index (χ4n) is 1.53. The summed E-state index contributed by atoms with van der Waals surface area (Å²) in [5.41, 5.74) is 1.32. The SMILES string of the molecule is C[C@H](NC(=O)c1cnc(Br)c(Br)c1)c1ccccn1. The van der Waals surface area contributed by atoms with E-state index in [1.54, 1.807) is 12.3 Å². The van der Waals surface area contributed by atoms with Gasteiger partial charge in [0, 0.05) is 12.4 Å². The molecular weight excluding hydrogens is 374 g/mol. The molecule has 0 saturated heterocycles. The van der Waals surface area contributed by atoms with Crippen LogP contribution in [-0.4, -0.2) is 15.9 Å². The van der Waals surface area contributed by atoms with Crippen LogP contribution < -0.4 is 5.32 Å². The number of rotatable bonds is 3. The predicted molar refractivity (Wildman–Crippen MR) is 79.8 cm³/mol. The monoisotopic (exact) mass is 383 g/mol. The summed E-state index contributed by atoms with van der Waals surface area (Å²) in [6.45, 7) is 1.89. The molecule has 2 heterocycles. The van der Waals surface area contributed by atoms with E-state index in [1.165, 1.54) is 6.20 Å². The minimum Gasteiger partial charge on any atom is -0.344 e. The maximum absolute atomic E-state index is 12.1. The van der Waals surface area contributed by atoms with Gasteiger partial charge in [-0.05, 0) is 57.0 Å². The lowest BCUT2D eigenvalue weighted by atomic mass is 10.2. The number of carbonyl (C=O) groups excluding carboxylic acids is 1. The van der Waals surface area contributed by atoms with Gasteiger partial charge in [0.1, 0.15) is 4.60 Å². The van der Waals surface area contributed by atoms with Crippen molar-refractivity contribution in [3.05, 3.63) is 57.0 Å². The molecule has 0 bridgehead atoms. The zero-order chi connectivity index (χ0) is 13.8. The van der Waals surface area contributed by atoms with Crippen molar-refractivity contribution in [1.29, 1.82) is 0 Å². The number of amides is 1. The van der Waals surface area contributed by atoms with Gasteiger partial charge < -0.3 is 5.32 Å². The van der Waals surface area contributed by atoms with Gasteiger partial charge >= 0.3 is 0 Å². The number of nitrogens with zero attached hydrogens (tertiary/aromatic N) is 2. The molecule has 1 amide bonds. The second-order valence-corrected chi connectivity index (χ2v) is 5.55. The third-order valence-corrected chi connectivity index (χ3v) is 4.31. The molecule has 0 radical (unpaired) electrons. The maximum Gasteiger partial charge on any atom is 0.253 e. The zero-order valence-electron chi connectivity index (χ0n) is 10.1. The second-order valence-electron chi connectivity index (χ2n) is 3.95. The lowest BCUT2D eigenvalue weighted by molar-refractivity contribution is 0.0938. The van der Waals surface area contributed by atoms with Crippen LogP contribution in [0.1, 0.15) is 29.0 Å². The van der Waals surface area contributed by atoms with Crippen molar-refractivity contribution in [2.45, 2.75) is 13.0 Å². The van der Waals surface area contributed by atoms with Crippen LogP contribution in [0, 0.1) is 0 Å². The Balaban J connectivity index is 2.11. The third kappa shape index (κ3) is 3.61. The van der Waals surface area contributed by atoms with Gasteiger partial charge in [-0.25, -0.2) is 4.98 Å². The van der Waals surface area contributed by atoms with Crippen molar-refractivity contribution in [3.63, 3.8) is 0 Å². The fourth-order valence-corrected chi connectivity index (χ4v) is 2.10. The van der Waals surface area contributed by atoms with Gasteiger partial charge in [0.25, 0.3) is 5.91 Å². The van der Waals surface area contributed by atoms with Crippen molar-refractivity contribution in [2.75, 3.05) is 0 Å². The summed E-state index contributed by atoms with van der Waals surface area (Å²) in [7, 11) is 0. The Labute approximate surface area is 127 Å². The first-order valence-corrected chi connectivity index (χ1v) is 7.19.